The van der Waals surface area contributed by atoms with E-state index in [1.54, 1.807) is 4.57 Å². The molecule has 1 aliphatic heterocycles. The van der Waals surface area contributed by atoms with E-state index in [0.29, 0.717) is 34.7 Å². The van der Waals surface area contributed by atoms with Gasteiger partial charge in [-0.3, -0.25) is 18.6 Å². The van der Waals surface area contributed by atoms with Gasteiger partial charge in [0.05, 0.1) is 16.7 Å². The third-order valence-electron chi connectivity index (χ3n) is 5.66. The Morgan fingerprint density at radius 1 is 1.24 bits per heavy atom. The zero-order valence-electron chi connectivity index (χ0n) is 17.0. The smallest absolute Gasteiger partial charge is 0.262 e. The average molecular weight is 414 g/mol. The molecule has 154 valence electrons. The van der Waals surface area contributed by atoms with Crippen LogP contribution < -0.4 is 5.56 Å². The standard InChI is InChI=1S/C21H27N5O2S/c1-3-4-12-25-19(28)16-10-5-6-11-17(16)26-20(25)22-23-21(26)29-14-18(27)24-13-8-7-9-15(24)2/h5-6,10-11,15H,3-4,7-9,12-14H2,1-2H3/t15-/m0/s1. The molecule has 2 aromatic heterocycles. The quantitative estimate of drug-likeness (QED) is 0.580. The Bertz CT molecular complexity index is 1090. The number of likely N-dealkylation sites (tertiary alicyclic amines) is 1. The third-order valence-corrected chi connectivity index (χ3v) is 6.58. The van der Waals surface area contributed by atoms with E-state index in [4.69, 9.17) is 0 Å². The lowest BCUT2D eigenvalue weighted by Crippen LogP contribution is -2.42. The van der Waals surface area contributed by atoms with Gasteiger partial charge in [-0.25, -0.2) is 0 Å². The number of carbonyl (C=O) groups is 1. The van der Waals surface area contributed by atoms with Crippen LogP contribution in [0.1, 0.15) is 46.0 Å². The van der Waals surface area contributed by atoms with Crippen LogP contribution in [0.5, 0.6) is 0 Å². The highest BCUT2D eigenvalue weighted by Gasteiger charge is 2.24. The normalized spacial score (nSPS) is 17.3. The molecule has 7 nitrogen and oxygen atoms in total. The van der Waals surface area contributed by atoms with Crippen molar-refractivity contribution in [1.82, 2.24) is 24.1 Å². The monoisotopic (exact) mass is 413 g/mol. The predicted octanol–water partition coefficient (Wildman–Crippen LogP) is 3.34. The molecule has 0 aliphatic carbocycles. The summed E-state index contributed by atoms with van der Waals surface area (Å²) in [5.74, 6) is 1.01. The van der Waals surface area contributed by atoms with Crippen molar-refractivity contribution in [1.29, 1.82) is 0 Å². The fraction of sp³-hybridized carbons (Fsp3) is 0.524. The number of hydrogen-bond donors (Lipinski definition) is 0. The van der Waals surface area contributed by atoms with Crippen LogP contribution in [0.2, 0.25) is 0 Å². The Kier molecular flexibility index (Phi) is 5.89. The highest BCUT2D eigenvalue weighted by molar-refractivity contribution is 7.99. The number of hydrogen-bond acceptors (Lipinski definition) is 5. The van der Waals surface area contributed by atoms with Crippen molar-refractivity contribution in [3.05, 3.63) is 34.6 Å². The van der Waals surface area contributed by atoms with Gasteiger partial charge >= 0.3 is 0 Å². The maximum Gasteiger partial charge on any atom is 0.262 e. The topological polar surface area (TPSA) is 72.5 Å². The van der Waals surface area contributed by atoms with Crippen molar-refractivity contribution >= 4 is 34.3 Å². The van der Waals surface area contributed by atoms with Crippen LogP contribution in [0.25, 0.3) is 16.7 Å². The zero-order valence-corrected chi connectivity index (χ0v) is 17.8. The fourth-order valence-corrected chi connectivity index (χ4v) is 4.85. The number of unbranched alkanes of at least 4 members (excludes halogenated alkanes) is 1. The molecule has 1 saturated heterocycles. The number of para-hydroxylation sites is 1. The van der Waals surface area contributed by atoms with Gasteiger partial charge in [-0.1, -0.05) is 37.2 Å². The van der Waals surface area contributed by atoms with Crippen molar-refractivity contribution in [3.8, 4) is 0 Å². The summed E-state index contributed by atoms with van der Waals surface area (Å²) in [6, 6.07) is 7.84. The van der Waals surface area contributed by atoms with Crippen molar-refractivity contribution < 1.29 is 4.79 Å². The van der Waals surface area contributed by atoms with Crippen molar-refractivity contribution in [2.45, 2.75) is 63.7 Å². The molecule has 0 radical (unpaired) electrons. The molecule has 0 N–H and O–H groups in total. The first-order valence-corrected chi connectivity index (χ1v) is 11.4. The highest BCUT2D eigenvalue weighted by atomic mass is 32.2. The molecule has 29 heavy (non-hydrogen) atoms. The molecule has 0 bridgehead atoms. The van der Waals surface area contributed by atoms with Crippen molar-refractivity contribution in [3.63, 3.8) is 0 Å². The minimum Gasteiger partial charge on any atom is -0.339 e. The summed E-state index contributed by atoms with van der Waals surface area (Å²) >= 11 is 1.40. The number of benzene rings is 1. The minimum atomic E-state index is -0.0382. The maximum absolute atomic E-state index is 13.0. The van der Waals surface area contributed by atoms with E-state index in [9.17, 15) is 9.59 Å². The van der Waals surface area contributed by atoms with Crippen LogP contribution in [0.4, 0.5) is 0 Å². The van der Waals surface area contributed by atoms with Gasteiger partial charge in [-0.15, -0.1) is 10.2 Å². The first-order valence-electron chi connectivity index (χ1n) is 10.4. The molecule has 1 fully saturated rings. The summed E-state index contributed by atoms with van der Waals surface area (Å²) in [6.45, 7) is 5.66. The molecule has 0 unspecified atom stereocenters. The number of piperidine rings is 1. The van der Waals surface area contributed by atoms with Gasteiger partial charge in [-0.2, -0.15) is 0 Å². The Morgan fingerprint density at radius 2 is 2.07 bits per heavy atom. The molecule has 0 spiro atoms. The average Bonchev–Trinajstić information content (AvgIpc) is 3.16. The molecule has 3 heterocycles. The number of thioether (sulfide) groups is 1. The number of carbonyl (C=O) groups excluding carboxylic acids is 1. The van der Waals surface area contributed by atoms with Crippen LogP contribution in [-0.4, -0.2) is 48.3 Å². The van der Waals surface area contributed by atoms with Gasteiger partial charge in [-0.05, 0) is 44.7 Å². The highest BCUT2D eigenvalue weighted by Crippen LogP contribution is 2.24. The molecule has 1 atom stereocenters. The molecule has 1 aromatic carbocycles. The van der Waals surface area contributed by atoms with Crippen molar-refractivity contribution in [2.24, 2.45) is 0 Å². The largest absolute Gasteiger partial charge is 0.339 e. The fourth-order valence-electron chi connectivity index (χ4n) is 4.02. The summed E-state index contributed by atoms with van der Waals surface area (Å²) in [6.07, 6.45) is 5.22. The molecular weight excluding hydrogens is 386 g/mol. The van der Waals surface area contributed by atoms with Crippen LogP contribution in [0, 0.1) is 0 Å². The van der Waals surface area contributed by atoms with E-state index in [0.717, 1.165) is 37.7 Å². The first kappa shape index (κ1) is 19.9. The second-order valence-corrected chi connectivity index (χ2v) is 8.61. The lowest BCUT2D eigenvalue weighted by atomic mass is 10.0. The summed E-state index contributed by atoms with van der Waals surface area (Å²) < 4.78 is 3.63. The van der Waals surface area contributed by atoms with E-state index >= 15 is 0 Å². The number of aryl methyl sites for hydroxylation is 1. The molecule has 1 amide bonds. The predicted molar refractivity (Wildman–Crippen MR) is 115 cm³/mol. The molecule has 4 rings (SSSR count). The van der Waals surface area contributed by atoms with E-state index in [2.05, 4.69) is 24.0 Å². The van der Waals surface area contributed by atoms with Crippen LogP contribution >= 0.6 is 11.8 Å². The number of aromatic nitrogens is 4. The van der Waals surface area contributed by atoms with E-state index in [1.165, 1.54) is 18.2 Å². The minimum absolute atomic E-state index is 0.0382. The molecular formula is C21H27N5O2S. The number of amides is 1. The molecule has 0 saturated carbocycles. The lowest BCUT2D eigenvalue weighted by molar-refractivity contribution is -0.131. The van der Waals surface area contributed by atoms with Gasteiger partial charge in [0, 0.05) is 19.1 Å². The van der Waals surface area contributed by atoms with Crippen LogP contribution in [0.15, 0.2) is 34.2 Å². The van der Waals surface area contributed by atoms with Gasteiger partial charge < -0.3 is 4.90 Å². The third kappa shape index (κ3) is 3.77. The molecule has 1 aliphatic rings. The Morgan fingerprint density at radius 3 is 2.86 bits per heavy atom. The Balaban J connectivity index is 1.69. The van der Waals surface area contributed by atoms with Gasteiger partial charge in [0.2, 0.25) is 11.7 Å². The second-order valence-electron chi connectivity index (χ2n) is 7.67. The van der Waals surface area contributed by atoms with E-state index in [-0.39, 0.29) is 11.5 Å². The van der Waals surface area contributed by atoms with Gasteiger partial charge in [0.1, 0.15) is 0 Å². The number of fused-ring (bicyclic) bond motifs is 3. The molecule has 3 aromatic rings. The van der Waals surface area contributed by atoms with Gasteiger partial charge in [0.15, 0.2) is 5.16 Å². The first-order chi connectivity index (χ1) is 14.1. The van der Waals surface area contributed by atoms with Crippen LogP contribution in [-0.2, 0) is 11.3 Å². The lowest BCUT2D eigenvalue weighted by Gasteiger charge is -2.33. The Labute approximate surface area is 174 Å². The number of nitrogens with zero attached hydrogens (tertiary/aromatic N) is 5. The van der Waals surface area contributed by atoms with E-state index < -0.39 is 0 Å². The maximum atomic E-state index is 13.0. The molecule has 8 heteroatoms. The Hall–Kier alpha value is -2.35. The number of rotatable bonds is 6. The van der Waals surface area contributed by atoms with Gasteiger partial charge in [0.25, 0.3) is 5.56 Å². The van der Waals surface area contributed by atoms with Crippen LogP contribution in [0.3, 0.4) is 0 Å². The summed E-state index contributed by atoms with van der Waals surface area (Å²) in [5.41, 5.74) is 0.746. The van der Waals surface area contributed by atoms with Crippen molar-refractivity contribution in [2.75, 3.05) is 12.3 Å². The zero-order chi connectivity index (χ0) is 20.4. The van der Waals surface area contributed by atoms with E-state index in [1.807, 2.05) is 33.6 Å². The summed E-state index contributed by atoms with van der Waals surface area (Å²) in [4.78, 5) is 27.7. The second kappa shape index (κ2) is 8.57. The SMILES string of the molecule is CCCCn1c(=O)c2ccccc2n2c(SCC(=O)N3CCCC[C@@H]3C)nnc12. The summed E-state index contributed by atoms with van der Waals surface area (Å²) in [5, 5.41) is 9.95. The summed E-state index contributed by atoms with van der Waals surface area (Å²) in [7, 11) is 0.